The van der Waals surface area contributed by atoms with E-state index < -0.39 is 5.97 Å². The molecule has 0 saturated carbocycles. The number of amides is 1. The first-order chi connectivity index (χ1) is 6.60. The van der Waals surface area contributed by atoms with E-state index in [9.17, 15) is 9.59 Å². The van der Waals surface area contributed by atoms with Crippen LogP contribution in [0.15, 0.2) is 0 Å². The van der Waals surface area contributed by atoms with Crippen molar-refractivity contribution >= 4 is 11.9 Å². The first kappa shape index (κ1) is 12.9. The van der Waals surface area contributed by atoms with Crippen LogP contribution in [0.1, 0.15) is 20.3 Å². The van der Waals surface area contributed by atoms with E-state index in [2.05, 4.69) is 5.32 Å². The second-order valence-corrected chi connectivity index (χ2v) is 3.01. The summed E-state index contributed by atoms with van der Waals surface area (Å²) in [5.41, 5.74) is 0. The molecule has 0 aromatic carbocycles. The minimum absolute atomic E-state index is 0.0863. The van der Waals surface area contributed by atoms with E-state index in [0.29, 0.717) is 6.54 Å². The van der Waals surface area contributed by atoms with Gasteiger partial charge < -0.3 is 15.2 Å². The summed E-state index contributed by atoms with van der Waals surface area (Å²) in [4.78, 5) is 21.6. The number of rotatable bonds is 6. The van der Waals surface area contributed by atoms with Crippen molar-refractivity contribution in [1.82, 2.24) is 5.32 Å². The van der Waals surface area contributed by atoms with Crippen LogP contribution in [0, 0.1) is 5.92 Å². The van der Waals surface area contributed by atoms with Crippen molar-refractivity contribution in [3.8, 4) is 0 Å². The maximum Gasteiger partial charge on any atom is 0.302 e. The number of ether oxygens (including phenoxy) is 1. The Labute approximate surface area is 83.4 Å². The molecule has 0 aliphatic carbocycles. The smallest absolute Gasteiger partial charge is 0.302 e. The summed E-state index contributed by atoms with van der Waals surface area (Å²) < 4.78 is 4.69. The van der Waals surface area contributed by atoms with Crippen molar-refractivity contribution in [3.63, 3.8) is 0 Å². The average molecular weight is 203 g/mol. The van der Waals surface area contributed by atoms with Crippen molar-refractivity contribution in [1.29, 1.82) is 0 Å². The predicted octanol–water partition coefficient (Wildman–Crippen LogP) is -0.316. The summed E-state index contributed by atoms with van der Waals surface area (Å²) in [7, 11) is 0. The first-order valence-electron chi connectivity index (χ1n) is 4.61. The van der Waals surface area contributed by atoms with Crippen molar-refractivity contribution in [2.45, 2.75) is 20.3 Å². The molecule has 0 aromatic heterocycles. The number of hydrogen-bond donors (Lipinski definition) is 2. The SMILES string of the molecule is CCNC(=O)C[C@@H](CO)COC(C)=O. The molecule has 0 aliphatic rings. The second kappa shape index (κ2) is 7.32. The lowest BCUT2D eigenvalue weighted by Crippen LogP contribution is -2.28. The number of nitrogens with one attached hydrogen (secondary N) is 1. The molecule has 82 valence electrons. The summed E-state index contributed by atoms with van der Waals surface area (Å²) >= 11 is 0. The standard InChI is InChI=1S/C9H17NO4/c1-3-10-9(13)4-8(5-11)6-14-7(2)12/h8,11H,3-6H2,1-2H3,(H,10,13)/t8-/m0/s1. The summed E-state index contributed by atoms with van der Waals surface area (Å²) in [6.45, 7) is 3.59. The molecule has 0 aromatic rings. The molecule has 0 saturated heterocycles. The lowest BCUT2D eigenvalue weighted by molar-refractivity contribution is -0.143. The zero-order valence-electron chi connectivity index (χ0n) is 8.58. The highest BCUT2D eigenvalue weighted by atomic mass is 16.5. The third-order valence-corrected chi connectivity index (χ3v) is 1.63. The lowest BCUT2D eigenvalue weighted by atomic mass is 10.1. The van der Waals surface area contributed by atoms with Gasteiger partial charge in [0.15, 0.2) is 0 Å². The Morgan fingerprint density at radius 1 is 1.50 bits per heavy atom. The lowest BCUT2D eigenvalue weighted by Gasteiger charge is -2.12. The van der Waals surface area contributed by atoms with Crippen molar-refractivity contribution in [2.24, 2.45) is 5.92 Å². The largest absolute Gasteiger partial charge is 0.465 e. The molecular formula is C9H17NO4. The van der Waals surface area contributed by atoms with E-state index in [1.54, 1.807) is 0 Å². The zero-order valence-corrected chi connectivity index (χ0v) is 8.58. The molecule has 0 radical (unpaired) electrons. The summed E-state index contributed by atoms with van der Waals surface area (Å²) in [6.07, 6.45) is 0.178. The Morgan fingerprint density at radius 3 is 2.57 bits per heavy atom. The number of hydrogen-bond acceptors (Lipinski definition) is 4. The van der Waals surface area contributed by atoms with Gasteiger partial charge in [0, 0.05) is 32.4 Å². The number of carbonyl (C=O) groups excluding carboxylic acids is 2. The van der Waals surface area contributed by atoms with Gasteiger partial charge in [-0.05, 0) is 6.92 Å². The fourth-order valence-corrected chi connectivity index (χ4v) is 0.943. The van der Waals surface area contributed by atoms with Gasteiger partial charge in [-0.3, -0.25) is 9.59 Å². The molecule has 0 aliphatic heterocycles. The Balaban J connectivity index is 3.78. The average Bonchev–Trinajstić information content (AvgIpc) is 2.12. The molecule has 1 amide bonds. The molecule has 0 fully saturated rings. The van der Waals surface area contributed by atoms with Gasteiger partial charge in [0.25, 0.3) is 0 Å². The van der Waals surface area contributed by atoms with Crippen LogP contribution in [-0.2, 0) is 14.3 Å². The Morgan fingerprint density at radius 2 is 2.14 bits per heavy atom. The molecule has 0 heterocycles. The molecule has 1 atom stereocenters. The highest BCUT2D eigenvalue weighted by Gasteiger charge is 2.13. The van der Waals surface area contributed by atoms with Crippen LogP contribution in [0.2, 0.25) is 0 Å². The number of esters is 1. The van der Waals surface area contributed by atoms with E-state index in [1.807, 2.05) is 6.92 Å². The topological polar surface area (TPSA) is 75.6 Å². The van der Waals surface area contributed by atoms with E-state index >= 15 is 0 Å². The maximum absolute atomic E-state index is 11.1. The summed E-state index contributed by atoms with van der Waals surface area (Å²) in [5, 5.41) is 11.5. The molecule has 0 unspecified atom stereocenters. The molecule has 5 nitrogen and oxygen atoms in total. The van der Waals surface area contributed by atoms with E-state index in [1.165, 1.54) is 6.92 Å². The van der Waals surface area contributed by atoms with Crippen LogP contribution in [-0.4, -0.2) is 36.7 Å². The van der Waals surface area contributed by atoms with Crippen LogP contribution >= 0.6 is 0 Å². The number of aliphatic hydroxyl groups is 1. The van der Waals surface area contributed by atoms with E-state index in [0.717, 1.165) is 0 Å². The first-order valence-corrected chi connectivity index (χ1v) is 4.61. The quantitative estimate of drug-likeness (QED) is 0.580. The fraction of sp³-hybridized carbons (Fsp3) is 0.778. The van der Waals surface area contributed by atoms with Crippen LogP contribution in [0.4, 0.5) is 0 Å². The molecular weight excluding hydrogens is 186 g/mol. The number of aliphatic hydroxyl groups excluding tert-OH is 1. The predicted molar refractivity (Wildman–Crippen MR) is 50.5 cm³/mol. The van der Waals surface area contributed by atoms with Crippen LogP contribution < -0.4 is 5.32 Å². The Bertz CT molecular complexity index is 193. The van der Waals surface area contributed by atoms with Crippen molar-refractivity contribution < 1.29 is 19.4 Å². The van der Waals surface area contributed by atoms with Gasteiger partial charge in [0.05, 0.1) is 6.61 Å². The van der Waals surface area contributed by atoms with Gasteiger partial charge in [0.1, 0.15) is 0 Å². The van der Waals surface area contributed by atoms with Crippen LogP contribution in [0.5, 0.6) is 0 Å². The highest BCUT2D eigenvalue weighted by Crippen LogP contribution is 2.02. The van der Waals surface area contributed by atoms with Crippen molar-refractivity contribution in [3.05, 3.63) is 0 Å². The molecule has 2 N–H and O–H groups in total. The monoisotopic (exact) mass is 203 g/mol. The minimum Gasteiger partial charge on any atom is -0.465 e. The third-order valence-electron chi connectivity index (χ3n) is 1.63. The van der Waals surface area contributed by atoms with Crippen LogP contribution in [0.25, 0.3) is 0 Å². The van der Waals surface area contributed by atoms with E-state index in [-0.39, 0.29) is 31.5 Å². The Hall–Kier alpha value is -1.10. The van der Waals surface area contributed by atoms with Gasteiger partial charge in [-0.25, -0.2) is 0 Å². The fourth-order valence-electron chi connectivity index (χ4n) is 0.943. The molecule has 0 spiro atoms. The van der Waals surface area contributed by atoms with Crippen molar-refractivity contribution in [2.75, 3.05) is 19.8 Å². The third kappa shape index (κ3) is 6.42. The van der Waals surface area contributed by atoms with Gasteiger partial charge in [-0.2, -0.15) is 0 Å². The van der Waals surface area contributed by atoms with Gasteiger partial charge >= 0.3 is 5.97 Å². The van der Waals surface area contributed by atoms with E-state index in [4.69, 9.17) is 9.84 Å². The van der Waals surface area contributed by atoms with Gasteiger partial charge in [0.2, 0.25) is 5.91 Å². The minimum atomic E-state index is -0.403. The summed E-state index contributed by atoms with van der Waals surface area (Å²) in [6, 6.07) is 0. The van der Waals surface area contributed by atoms with Gasteiger partial charge in [-0.15, -0.1) is 0 Å². The molecule has 0 bridgehead atoms. The number of carbonyl (C=O) groups is 2. The molecule has 0 rings (SSSR count). The second-order valence-electron chi connectivity index (χ2n) is 3.01. The normalized spacial score (nSPS) is 11.9. The Kier molecular flexibility index (Phi) is 6.74. The molecule has 14 heavy (non-hydrogen) atoms. The van der Waals surface area contributed by atoms with Crippen LogP contribution in [0.3, 0.4) is 0 Å². The zero-order chi connectivity index (χ0) is 11.0. The highest BCUT2D eigenvalue weighted by molar-refractivity contribution is 5.76. The van der Waals surface area contributed by atoms with Gasteiger partial charge in [-0.1, -0.05) is 0 Å². The summed E-state index contributed by atoms with van der Waals surface area (Å²) in [5.74, 6) is -0.858. The maximum atomic E-state index is 11.1. The molecule has 5 heteroatoms.